The van der Waals surface area contributed by atoms with Crippen LogP contribution in [-0.2, 0) is 13.0 Å². The Balaban J connectivity index is 1.34. The van der Waals surface area contributed by atoms with E-state index in [1.165, 1.54) is 24.2 Å². The summed E-state index contributed by atoms with van der Waals surface area (Å²) in [5.74, 6) is 2.51. The third kappa shape index (κ3) is 3.02. The van der Waals surface area contributed by atoms with Crippen molar-refractivity contribution in [3.8, 4) is 0 Å². The largest absolute Gasteiger partial charge is 0.337 e. The van der Waals surface area contributed by atoms with Crippen molar-refractivity contribution in [2.45, 2.75) is 39.7 Å². The molecule has 0 spiro atoms. The highest BCUT2D eigenvalue weighted by Crippen LogP contribution is 2.31. The molecule has 0 N–H and O–H groups in total. The molecule has 7 heteroatoms. The third-order valence-electron chi connectivity index (χ3n) is 4.66. The molecule has 122 valence electrons. The van der Waals surface area contributed by atoms with Gasteiger partial charge in [0, 0.05) is 32.0 Å². The number of rotatable bonds is 5. The highest BCUT2D eigenvalue weighted by Gasteiger charge is 2.34. The van der Waals surface area contributed by atoms with E-state index in [2.05, 4.69) is 19.7 Å². The molecule has 1 saturated carbocycles. The highest BCUT2D eigenvalue weighted by atomic mass is 32.1. The second-order valence-electron chi connectivity index (χ2n) is 6.77. The number of aryl methyl sites for hydroxylation is 2. The van der Waals surface area contributed by atoms with Crippen LogP contribution >= 0.6 is 11.3 Å². The highest BCUT2D eigenvalue weighted by molar-refractivity contribution is 7.13. The van der Waals surface area contributed by atoms with Gasteiger partial charge in [-0.3, -0.25) is 4.79 Å². The number of nitrogens with zero attached hydrogens (tertiary/aromatic N) is 5. The number of carbonyl (C=O) groups is 1. The van der Waals surface area contributed by atoms with E-state index >= 15 is 0 Å². The number of hydrogen-bond donors (Lipinski definition) is 0. The first-order chi connectivity index (χ1) is 11.1. The van der Waals surface area contributed by atoms with Crippen LogP contribution in [0.15, 0.2) is 6.33 Å². The van der Waals surface area contributed by atoms with Gasteiger partial charge in [0.2, 0.25) is 0 Å². The van der Waals surface area contributed by atoms with Crippen molar-refractivity contribution in [3.05, 3.63) is 27.7 Å². The summed E-state index contributed by atoms with van der Waals surface area (Å²) in [4.78, 5) is 19.6. The lowest BCUT2D eigenvalue weighted by atomic mass is 9.95. The van der Waals surface area contributed by atoms with Gasteiger partial charge < -0.3 is 9.47 Å². The van der Waals surface area contributed by atoms with Gasteiger partial charge in [0.15, 0.2) is 0 Å². The Morgan fingerprint density at radius 2 is 2.09 bits per heavy atom. The van der Waals surface area contributed by atoms with Gasteiger partial charge in [-0.2, -0.15) is 0 Å². The molecule has 6 nitrogen and oxygen atoms in total. The van der Waals surface area contributed by atoms with Gasteiger partial charge >= 0.3 is 0 Å². The van der Waals surface area contributed by atoms with Crippen LogP contribution in [-0.4, -0.2) is 43.6 Å². The van der Waals surface area contributed by atoms with Crippen LogP contribution in [0.5, 0.6) is 0 Å². The summed E-state index contributed by atoms with van der Waals surface area (Å²) in [6, 6.07) is 0. The molecule has 1 aliphatic heterocycles. The number of aromatic nitrogens is 4. The van der Waals surface area contributed by atoms with E-state index in [4.69, 9.17) is 0 Å². The van der Waals surface area contributed by atoms with Crippen LogP contribution in [0.25, 0.3) is 0 Å². The molecular weight excluding hydrogens is 310 g/mol. The third-order valence-corrected chi connectivity index (χ3v) is 5.72. The number of carbonyl (C=O) groups excluding carboxylic acids is 1. The fraction of sp³-hybridized carbons (Fsp3) is 0.625. The maximum atomic E-state index is 12.5. The van der Waals surface area contributed by atoms with Gasteiger partial charge in [-0.25, -0.2) is 4.98 Å². The van der Waals surface area contributed by atoms with Crippen LogP contribution in [0.2, 0.25) is 0 Å². The van der Waals surface area contributed by atoms with Crippen LogP contribution < -0.4 is 0 Å². The van der Waals surface area contributed by atoms with E-state index in [0.29, 0.717) is 5.92 Å². The molecule has 0 atom stereocenters. The first-order valence-corrected chi connectivity index (χ1v) is 9.02. The van der Waals surface area contributed by atoms with Gasteiger partial charge in [0.1, 0.15) is 17.0 Å². The van der Waals surface area contributed by atoms with E-state index in [-0.39, 0.29) is 5.91 Å². The summed E-state index contributed by atoms with van der Waals surface area (Å²) in [6.45, 7) is 6.53. The Kier molecular flexibility index (Phi) is 3.67. The van der Waals surface area contributed by atoms with Crippen molar-refractivity contribution in [2.75, 3.05) is 13.1 Å². The van der Waals surface area contributed by atoms with Gasteiger partial charge in [0.25, 0.3) is 5.91 Å². The molecule has 2 fully saturated rings. The summed E-state index contributed by atoms with van der Waals surface area (Å²) in [7, 11) is 0. The van der Waals surface area contributed by atoms with Crippen LogP contribution in [0.4, 0.5) is 0 Å². The van der Waals surface area contributed by atoms with E-state index in [1.54, 1.807) is 0 Å². The van der Waals surface area contributed by atoms with E-state index < -0.39 is 0 Å². The second-order valence-corrected chi connectivity index (χ2v) is 7.97. The number of thiazole rings is 1. The summed E-state index contributed by atoms with van der Waals surface area (Å²) in [6.07, 6.45) is 5.42. The maximum absolute atomic E-state index is 12.5. The quantitative estimate of drug-likeness (QED) is 0.841. The Labute approximate surface area is 139 Å². The average Bonchev–Trinajstić information content (AvgIpc) is 3.07. The van der Waals surface area contributed by atoms with Gasteiger partial charge in [-0.15, -0.1) is 21.5 Å². The van der Waals surface area contributed by atoms with E-state index in [0.717, 1.165) is 53.4 Å². The molecule has 4 rings (SSSR count). The maximum Gasteiger partial charge on any atom is 0.265 e. The number of likely N-dealkylation sites (tertiary alicyclic amines) is 1. The van der Waals surface area contributed by atoms with Crippen LogP contribution in [0.3, 0.4) is 0 Å². The van der Waals surface area contributed by atoms with Crippen molar-refractivity contribution in [1.82, 2.24) is 24.6 Å². The Morgan fingerprint density at radius 1 is 1.30 bits per heavy atom. The summed E-state index contributed by atoms with van der Waals surface area (Å²) in [5, 5.41) is 9.28. The Bertz CT molecular complexity index is 727. The Hall–Kier alpha value is -1.76. The molecule has 3 heterocycles. The minimum Gasteiger partial charge on any atom is -0.337 e. The lowest BCUT2D eigenvalue weighted by Crippen LogP contribution is -2.50. The van der Waals surface area contributed by atoms with Crippen molar-refractivity contribution in [2.24, 2.45) is 11.8 Å². The van der Waals surface area contributed by atoms with Crippen LogP contribution in [0.1, 0.15) is 39.0 Å². The van der Waals surface area contributed by atoms with Crippen molar-refractivity contribution >= 4 is 17.2 Å². The van der Waals surface area contributed by atoms with Gasteiger partial charge in [-0.05, 0) is 32.6 Å². The topological polar surface area (TPSA) is 63.9 Å². The molecule has 1 aliphatic carbocycles. The van der Waals surface area contributed by atoms with Crippen molar-refractivity contribution in [3.63, 3.8) is 0 Å². The molecule has 0 radical (unpaired) electrons. The summed E-state index contributed by atoms with van der Waals surface area (Å²) in [5.41, 5.74) is 0.852. The summed E-state index contributed by atoms with van der Waals surface area (Å²) < 4.78 is 2.19. The van der Waals surface area contributed by atoms with Crippen LogP contribution in [0, 0.1) is 25.7 Å². The molecular formula is C16H21N5OS. The van der Waals surface area contributed by atoms with Crippen molar-refractivity contribution in [1.29, 1.82) is 0 Å². The molecule has 0 aromatic carbocycles. The summed E-state index contributed by atoms with van der Waals surface area (Å²) >= 11 is 1.49. The fourth-order valence-corrected chi connectivity index (χ4v) is 4.05. The van der Waals surface area contributed by atoms with Gasteiger partial charge in [0.05, 0.1) is 10.7 Å². The number of hydrogen-bond acceptors (Lipinski definition) is 5. The minimum atomic E-state index is 0.129. The predicted molar refractivity (Wildman–Crippen MR) is 87.4 cm³/mol. The molecule has 0 bridgehead atoms. The fourth-order valence-electron chi connectivity index (χ4n) is 3.16. The number of amides is 1. The SMILES string of the molecule is Cc1nc(C)c(C(=O)N2CC(Cc3nncn3CC3CC3)C2)s1. The molecule has 2 aromatic rings. The predicted octanol–water partition coefficient (Wildman–Crippen LogP) is 2.08. The molecule has 2 aliphatic rings. The Morgan fingerprint density at radius 3 is 2.74 bits per heavy atom. The molecule has 1 saturated heterocycles. The van der Waals surface area contributed by atoms with E-state index in [9.17, 15) is 4.79 Å². The molecule has 2 aromatic heterocycles. The smallest absolute Gasteiger partial charge is 0.265 e. The minimum absolute atomic E-state index is 0.129. The average molecular weight is 331 g/mol. The first kappa shape index (κ1) is 14.8. The standard InChI is InChI=1S/C16H21N5OS/c1-10-15(23-11(2)18-10)16(22)20-7-13(8-20)5-14-19-17-9-21(14)6-12-3-4-12/h9,12-13H,3-8H2,1-2H3. The zero-order chi connectivity index (χ0) is 16.0. The second kappa shape index (κ2) is 5.70. The molecule has 23 heavy (non-hydrogen) atoms. The van der Waals surface area contributed by atoms with E-state index in [1.807, 2.05) is 25.1 Å². The zero-order valence-electron chi connectivity index (χ0n) is 13.5. The lowest BCUT2D eigenvalue weighted by molar-refractivity contribution is 0.0500. The molecule has 0 unspecified atom stereocenters. The first-order valence-electron chi connectivity index (χ1n) is 8.20. The monoisotopic (exact) mass is 331 g/mol. The zero-order valence-corrected chi connectivity index (χ0v) is 14.3. The lowest BCUT2D eigenvalue weighted by Gasteiger charge is -2.39. The molecule has 1 amide bonds. The van der Waals surface area contributed by atoms with Crippen molar-refractivity contribution < 1.29 is 4.79 Å². The normalized spacial score (nSPS) is 18.3. The van der Waals surface area contributed by atoms with Gasteiger partial charge in [-0.1, -0.05) is 0 Å².